The Morgan fingerprint density at radius 3 is 1.72 bits per heavy atom. The molecular weight excluding hydrogens is 240 g/mol. The summed E-state index contributed by atoms with van der Waals surface area (Å²) in [7, 11) is 2.47. The molecule has 0 saturated heterocycles. The molecule has 0 bridgehead atoms. The topological polar surface area (TPSA) is 98.2 Å². The Balaban J connectivity index is 3.60. The van der Waals surface area contributed by atoms with Crippen LogP contribution in [0.5, 0.6) is 0 Å². The van der Waals surface area contributed by atoms with Crippen LogP contribution < -0.4 is 0 Å². The SMILES string of the molecule is CN(O)C(=O)CCCCC(=O)CCC(=O)N(C)O. The largest absolute Gasteiger partial charge is 0.300 e. The highest BCUT2D eigenvalue weighted by Gasteiger charge is 2.10. The normalized spacial score (nSPS) is 10.0. The monoisotopic (exact) mass is 260 g/mol. The van der Waals surface area contributed by atoms with Gasteiger partial charge in [-0.25, -0.2) is 10.1 Å². The molecule has 0 spiro atoms. The van der Waals surface area contributed by atoms with Crippen LogP contribution in [0.4, 0.5) is 0 Å². The third-order valence-corrected chi connectivity index (χ3v) is 2.44. The van der Waals surface area contributed by atoms with Crippen molar-refractivity contribution in [3.8, 4) is 0 Å². The predicted octanol–water partition coefficient (Wildman–Crippen LogP) is 0.591. The van der Waals surface area contributed by atoms with Gasteiger partial charge < -0.3 is 0 Å². The summed E-state index contributed by atoms with van der Waals surface area (Å²) in [4.78, 5) is 33.3. The van der Waals surface area contributed by atoms with Gasteiger partial charge in [-0.2, -0.15) is 0 Å². The number of carbonyl (C=O) groups excluding carboxylic acids is 3. The number of amides is 2. The molecule has 0 aromatic heterocycles. The summed E-state index contributed by atoms with van der Waals surface area (Å²) in [5.41, 5.74) is 0. The van der Waals surface area contributed by atoms with E-state index in [1.165, 1.54) is 14.1 Å². The fourth-order valence-corrected chi connectivity index (χ4v) is 1.29. The van der Waals surface area contributed by atoms with Crippen molar-refractivity contribution >= 4 is 17.6 Å². The molecule has 0 fully saturated rings. The van der Waals surface area contributed by atoms with Crippen LogP contribution >= 0.6 is 0 Å². The van der Waals surface area contributed by atoms with Crippen molar-refractivity contribution in [2.75, 3.05) is 14.1 Å². The molecule has 0 unspecified atom stereocenters. The molecule has 0 saturated carbocycles. The van der Waals surface area contributed by atoms with E-state index in [0.29, 0.717) is 29.4 Å². The molecule has 0 aliphatic carbocycles. The van der Waals surface area contributed by atoms with Crippen molar-refractivity contribution in [2.24, 2.45) is 0 Å². The van der Waals surface area contributed by atoms with E-state index < -0.39 is 5.91 Å². The number of unbranched alkanes of at least 4 members (excludes halogenated alkanes) is 1. The summed E-state index contributed by atoms with van der Waals surface area (Å²) in [6, 6.07) is 0. The minimum atomic E-state index is -0.500. The van der Waals surface area contributed by atoms with Gasteiger partial charge in [0, 0.05) is 39.8 Å². The maximum atomic E-state index is 11.4. The van der Waals surface area contributed by atoms with Crippen molar-refractivity contribution in [2.45, 2.75) is 38.5 Å². The van der Waals surface area contributed by atoms with Gasteiger partial charge in [-0.1, -0.05) is 0 Å². The minimum absolute atomic E-state index is 0.00978. The summed E-state index contributed by atoms with van der Waals surface area (Å²) in [6.07, 6.45) is 1.63. The first-order chi connectivity index (χ1) is 8.34. The molecule has 0 aliphatic rings. The van der Waals surface area contributed by atoms with Gasteiger partial charge >= 0.3 is 0 Å². The van der Waals surface area contributed by atoms with Crippen LogP contribution in [-0.4, -0.2) is 52.2 Å². The molecule has 7 heteroatoms. The molecule has 7 nitrogen and oxygen atoms in total. The number of ketones is 1. The van der Waals surface area contributed by atoms with E-state index in [-0.39, 0.29) is 31.0 Å². The zero-order valence-corrected chi connectivity index (χ0v) is 10.8. The van der Waals surface area contributed by atoms with Gasteiger partial charge in [0.1, 0.15) is 5.78 Å². The van der Waals surface area contributed by atoms with Crippen LogP contribution in [0, 0.1) is 0 Å². The first-order valence-electron chi connectivity index (χ1n) is 5.77. The molecule has 0 aromatic rings. The number of hydrogen-bond acceptors (Lipinski definition) is 5. The lowest BCUT2D eigenvalue weighted by Gasteiger charge is -2.08. The number of Topliss-reactive ketones (excluding diaryl/α,β-unsaturated/α-hetero) is 1. The summed E-state index contributed by atoms with van der Waals surface area (Å²) < 4.78 is 0. The second kappa shape index (κ2) is 8.60. The maximum Gasteiger partial charge on any atom is 0.246 e. The fourth-order valence-electron chi connectivity index (χ4n) is 1.29. The Hall–Kier alpha value is -1.47. The maximum absolute atomic E-state index is 11.4. The van der Waals surface area contributed by atoms with Crippen molar-refractivity contribution < 1.29 is 24.8 Å². The molecule has 0 aliphatic heterocycles. The number of rotatable bonds is 8. The first kappa shape index (κ1) is 16.5. The van der Waals surface area contributed by atoms with Crippen LogP contribution in [0.2, 0.25) is 0 Å². The van der Waals surface area contributed by atoms with Crippen molar-refractivity contribution in [1.82, 2.24) is 10.1 Å². The summed E-state index contributed by atoms with van der Waals surface area (Å²) in [5.74, 6) is -0.963. The molecule has 0 radical (unpaired) electrons. The number of hydroxylamine groups is 4. The molecule has 2 amide bonds. The smallest absolute Gasteiger partial charge is 0.246 e. The lowest BCUT2D eigenvalue weighted by atomic mass is 10.1. The van der Waals surface area contributed by atoms with Gasteiger partial charge in [0.15, 0.2) is 0 Å². The van der Waals surface area contributed by atoms with Crippen LogP contribution in [0.3, 0.4) is 0 Å². The van der Waals surface area contributed by atoms with Crippen LogP contribution in [0.15, 0.2) is 0 Å². The van der Waals surface area contributed by atoms with Gasteiger partial charge in [-0.15, -0.1) is 0 Å². The van der Waals surface area contributed by atoms with E-state index in [1.807, 2.05) is 0 Å². The zero-order valence-electron chi connectivity index (χ0n) is 10.8. The second-order valence-electron chi connectivity index (χ2n) is 4.08. The number of carbonyl (C=O) groups is 3. The van der Waals surface area contributed by atoms with Crippen LogP contribution in [-0.2, 0) is 14.4 Å². The highest BCUT2D eigenvalue weighted by atomic mass is 16.5. The van der Waals surface area contributed by atoms with E-state index in [4.69, 9.17) is 10.4 Å². The lowest BCUT2D eigenvalue weighted by Crippen LogP contribution is -2.23. The van der Waals surface area contributed by atoms with E-state index in [9.17, 15) is 14.4 Å². The Morgan fingerprint density at radius 1 is 0.778 bits per heavy atom. The number of nitrogens with zero attached hydrogens (tertiary/aromatic N) is 2. The highest BCUT2D eigenvalue weighted by Crippen LogP contribution is 2.05. The second-order valence-corrected chi connectivity index (χ2v) is 4.08. The van der Waals surface area contributed by atoms with Crippen molar-refractivity contribution in [3.63, 3.8) is 0 Å². The van der Waals surface area contributed by atoms with Crippen LogP contribution in [0.25, 0.3) is 0 Å². The molecule has 0 atom stereocenters. The summed E-state index contributed by atoms with van der Waals surface area (Å²) in [5, 5.41) is 18.5. The molecule has 104 valence electrons. The van der Waals surface area contributed by atoms with Crippen LogP contribution in [0.1, 0.15) is 38.5 Å². The van der Waals surface area contributed by atoms with Gasteiger partial charge in [0.25, 0.3) is 0 Å². The fraction of sp³-hybridized carbons (Fsp3) is 0.727. The Bertz CT molecular complexity index is 302. The average Bonchev–Trinajstić information content (AvgIpc) is 2.30. The number of hydrogen-bond donors (Lipinski definition) is 2. The predicted molar refractivity (Wildman–Crippen MR) is 61.8 cm³/mol. The van der Waals surface area contributed by atoms with E-state index in [2.05, 4.69) is 0 Å². The Kier molecular flexibility index (Phi) is 7.89. The average molecular weight is 260 g/mol. The van der Waals surface area contributed by atoms with E-state index >= 15 is 0 Å². The minimum Gasteiger partial charge on any atom is -0.300 e. The highest BCUT2D eigenvalue weighted by molar-refractivity contribution is 5.84. The van der Waals surface area contributed by atoms with Crippen molar-refractivity contribution in [3.05, 3.63) is 0 Å². The molecular formula is C11H20N2O5. The molecule has 0 rings (SSSR count). The lowest BCUT2D eigenvalue weighted by molar-refractivity contribution is -0.159. The quantitative estimate of drug-likeness (QED) is 0.378. The Morgan fingerprint density at radius 2 is 1.22 bits per heavy atom. The third-order valence-electron chi connectivity index (χ3n) is 2.44. The summed E-state index contributed by atoms with van der Waals surface area (Å²) in [6.45, 7) is 0. The van der Waals surface area contributed by atoms with Gasteiger partial charge in [-0.05, 0) is 12.8 Å². The standard InChI is InChI=1S/C11H20N2O5/c1-12(17)10(15)6-4-3-5-9(14)7-8-11(16)13(2)18/h17-18H,3-8H2,1-2H3. The van der Waals surface area contributed by atoms with Gasteiger partial charge in [-0.3, -0.25) is 24.8 Å². The van der Waals surface area contributed by atoms with E-state index in [0.717, 1.165) is 0 Å². The third kappa shape index (κ3) is 7.75. The molecule has 0 heterocycles. The molecule has 18 heavy (non-hydrogen) atoms. The van der Waals surface area contributed by atoms with Gasteiger partial charge in [0.2, 0.25) is 11.8 Å². The first-order valence-corrected chi connectivity index (χ1v) is 5.77. The summed E-state index contributed by atoms with van der Waals surface area (Å²) >= 11 is 0. The van der Waals surface area contributed by atoms with Crippen molar-refractivity contribution in [1.29, 1.82) is 0 Å². The zero-order chi connectivity index (χ0) is 14.1. The molecule has 0 aromatic carbocycles. The van der Waals surface area contributed by atoms with Gasteiger partial charge in [0.05, 0.1) is 0 Å². The molecule has 2 N–H and O–H groups in total. The van der Waals surface area contributed by atoms with E-state index in [1.54, 1.807) is 0 Å². The Labute approximate surface area is 106 Å².